The second kappa shape index (κ2) is 4.54. The number of phenolic OH excluding ortho intramolecular Hbond substituents is 1. The molecule has 1 aromatic carbocycles. The van der Waals surface area contributed by atoms with Gasteiger partial charge in [0.05, 0.1) is 5.56 Å². The maximum Gasteiger partial charge on any atom is 0.416 e. The average Bonchev–Trinajstić information content (AvgIpc) is 2.29. The van der Waals surface area contributed by atoms with E-state index in [1.54, 1.807) is 0 Å². The van der Waals surface area contributed by atoms with Gasteiger partial charge in [0.1, 0.15) is 5.75 Å². The van der Waals surface area contributed by atoms with E-state index >= 15 is 0 Å². The average molecular weight is 246 g/mol. The minimum absolute atomic E-state index is 0.112. The van der Waals surface area contributed by atoms with Gasteiger partial charge in [-0.2, -0.15) is 13.2 Å². The van der Waals surface area contributed by atoms with E-state index < -0.39 is 11.7 Å². The summed E-state index contributed by atoms with van der Waals surface area (Å²) in [6, 6.07) is 2.69. The molecule has 3 nitrogen and oxygen atoms in total. The van der Waals surface area contributed by atoms with E-state index in [1.807, 2.05) is 0 Å². The molecule has 94 valence electrons. The summed E-state index contributed by atoms with van der Waals surface area (Å²) in [5.74, 6) is -0.112. The standard InChI is InChI=1S/C11H13F3N2O/c12-11(13,14)7-1-2-10(17)8(5-7)9-6-15-3-4-16-9/h1-2,5,9,15-17H,3-4,6H2/t9-/m1/s1. The van der Waals surface area contributed by atoms with Gasteiger partial charge in [0, 0.05) is 31.2 Å². The summed E-state index contributed by atoms with van der Waals surface area (Å²) in [7, 11) is 0. The molecule has 1 saturated heterocycles. The molecule has 17 heavy (non-hydrogen) atoms. The molecule has 6 heteroatoms. The third kappa shape index (κ3) is 2.70. The van der Waals surface area contributed by atoms with E-state index in [1.165, 1.54) is 0 Å². The van der Waals surface area contributed by atoms with Crippen molar-refractivity contribution in [3.05, 3.63) is 29.3 Å². The maximum atomic E-state index is 12.5. The summed E-state index contributed by atoms with van der Waals surface area (Å²) < 4.78 is 37.6. The number of piperazine rings is 1. The molecule has 1 atom stereocenters. The van der Waals surface area contributed by atoms with Gasteiger partial charge in [-0.1, -0.05) is 0 Å². The first-order valence-corrected chi connectivity index (χ1v) is 5.32. The third-order valence-electron chi connectivity index (χ3n) is 2.77. The quantitative estimate of drug-likeness (QED) is 0.706. The van der Waals surface area contributed by atoms with E-state index in [-0.39, 0.29) is 17.4 Å². The van der Waals surface area contributed by atoms with Crippen LogP contribution in [0.2, 0.25) is 0 Å². The smallest absolute Gasteiger partial charge is 0.416 e. The van der Waals surface area contributed by atoms with Crippen LogP contribution in [0.1, 0.15) is 17.2 Å². The lowest BCUT2D eigenvalue weighted by molar-refractivity contribution is -0.137. The van der Waals surface area contributed by atoms with Gasteiger partial charge in [-0.05, 0) is 18.2 Å². The highest BCUT2D eigenvalue weighted by Gasteiger charge is 2.32. The molecule has 0 spiro atoms. The van der Waals surface area contributed by atoms with Crippen LogP contribution in [0.25, 0.3) is 0 Å². The van der Waals surface area contributed by atoms with Gasteiger partial charge in [-0.25, -0.2) is 0 Å². The Morgan fingerprint density at radius 2 is 2.00 bits per heavy atom. The summed E-state index contributed by atoms with van der Waals surface area (Å²) >= 11 is 0. The molecule has 2 rings (SSSR count). The highest BCUT2D eigenvalue weighted by atomic mass is 19.4. The molecule has 1 fully saturated rings. The van der Waals surface area contributed by atoms with Crippen molar-refractivity contribution in [2.75, 3.05) is 19.6 Å². The molecule has 0 radical (unpaired) electrons. The fourth-order valence-electron chi connectivity index (χ4n) is 1.88. The highest BCUT2D eigenvalue weighted by Crippen LogP contribution is 2.34. The van der Waals surface area contributed by atoms with E-state index in [9.17, 15) is 18.3 Å². The van der Waals surface area contributed by atoms with Gasteiger partial charge in [0.25, 0.3) is 0 Å². The molecule has 1 aromatic rings. The lowest BCUT2D eigenvalue weighted by atomic mass is 10.0. The molecule has 0 amide bonds. The minimum Gasteiger partial charge on any atom is -0.508 e. The second-order valence-electron chi connectivity index (χ2n) is 3.98. The maximum absolute atomic E-state index is 12.5. The van der Waals surface area contributed by atoms with Gasteiger partial charge < -0.3 is 15.7 Å². The first-order chi connectivity index (χ1) is 7.98. The number of hydrogen-bond acceptors (Lipinski definition) is 3. The summed E-state index contributed by atoms with van der Waals surface area (Å²) in [5, 5.41) is 15.7. The van der Waals surface area contributed by atoms with Gasteiger partial charge >= 0.3 is 6.18 Å². The van der Waals surface area contributed by atoms with Crippen LogP contribution in [0.4, 0.5) is 13.2 Å². The van der Waals surface area contributed by atoms with Crippen LogP contribution in [0.3, 0.4) is 0 Å². The number of alkyl halides is 3. The van der Waals surface area contributed by atoms with Crippen LogP contribution in [-0.2, 0) is 6.18 Å². The highest BCUT2D eigenvalue weighted by molar-refractivity contribution is 5.39. The SMILES string of the molecule is Oc1ccc(C(F)(F)F)cc1[C@H]1CNCCN1. The van der Waals surface area contributed by atoms with E-state index in [2.05, 4.69) is 10.6 Å². The zero-order valence-electron chi connectivity index (χ0n) is 9.01. The Labute approximate surface area is 96.6 Å². The Balaban J connectivity index is 2.31. The molecule has 0 aromatic heterocycles. The summed E-state index contributed by atoms with van der Waals surface area (Å²) in [4.78, 5) is 0. The van der Waals surface area contributed by atoms with Crippen molar-refractivity contribution in [1.82, 2.24) is 10.6 Å². The van der Waals surface area contributed by atoms with Crippen LogP contribution < -0.4 is 10.6 Å². The van der Waals surface area contributed by atoms with Crippen LogP contribution in [-0.4, -0.2) is 24.7 Å². The van der Waals surface area contributed by atoms with Gasteiger partial charge in [0.15, 0.2) is 0 Å². The molecular formula is C11H13F3N2O. The van der Waals surface area contributed by atoms with Gasteiger partial charge in [-0.3, -0.25) is 0 Å². The van der Waals surface area contributed by atoms with Crippen molar-refractivity contribution in [1.29, 1.82) is 0 Å². The molecule has 3 N–H and O–H groups in total. The zero-order chi connectivity index (χ0) is 12.5. The fourth-order valence-corrected chi connectivity index (χ4v) is 1.88. The topological polar surface area (TPSA) is 44.3 Å². The Hall–Kier alpha value is -1.27. The summed E-state index contributed by atoms with van der Waals surface area (Å²) in [6.45, 7) is 1.95. The number of halogens is 3. The first kappa shape index (κ1) is 12.2. The lowest BCUT2D eigenvalue weighted by Gasteiger charge is -2.26. The number of hydrogen-bond donors (Lipinski definition) is 3. The van der Waals surface area contributed by atoms with Crippen molar-refractivity contribution in [2.24, 2.45) is 0 Å². The number of aromatic hydroxyl groups is 1. The van der Waals surface area contributed by atoms with Crippen molar-refractivity contribution < 1.29 is 18.3 Å². The largest absolute Gasteiger partial charge is 0.508 e. The first-order valence-electron chi connectivity index (χ1n) is 5.32. The van der Waals surface area contributed by atoms with Crippen LogP contribution >= 0.6 is 0 Å². The molecular weight excluding hydrogens is 233 g/mol. The second-order valence-corrected chi connectivity index (χ2v) is 3.98. The Kier molecular flexibility index (Phi) is 3.26. The predicted octanol–water partition coefficient (Wildman–Crippen LogP) is 1.64. The van der Waals surface area contributed by atoms with Gasteiger partial charge in [0.2, 0.25) is 0 Å². The van der Waals surface area contributed by atoms with Crippen molar-refractivity contribution >= 4 is 0 Å². The third-order valence-corrected chi connectivity index (χ3v) is 2.77. The fraction of sp³-hybridized carbons (Fsp3) is 0.455. The molecule has 0 bridgehead atoms. The van der Waals surface area contributed by atoms with E-state index in [0.29, 0.717) is 13.1 Å². The lowest BCUT2D eigenvalue weighted by Crippen LogP contribution is -2.42. The number of phenols is 1. The molecule has 1 heterocycles. The number of nitrogens with one attached hydrogen (secondary N) is 2. The Morgan fingerprint density at radius 3 is 2.59 bits per heavy atom. The Morgan fingerprint density at radius 1 is 1.24 bits per heavy atom. The van der Waals surface area contributed by atoms with E-state index in [0.717, 1.165) is 24.7 Å². The van der Waals surface area contributed by atoms with Gasteiger partial charge in [-0.15, -0.1) is 0 Å². The molecule has 0 aliphatic carbocycles. The molecule has 0 unspecified atom stereocenters. The van der Waals surface area contributed by atoms with Crippen molar-refractivity contribution in [3.63, 3.8) is 0 Å². The van der Waals surface area contributed by atoms with Crippen LogP contribution in [0.15, 0.2) is 18.2 Å². The monoisotopic (exact) mass is 246 g/mol. The number of rotatable bonds is 1. The summed E-state index contributed by atoms with van der Waals surface area (Å²) in [5.41, 5.74) is -0.454. The molecule has 0 saturated carbocycles. The van der Waals surface area contributed by atoms with Crippen LogP contribution in [0, 0.1) is 0 Å². The van der Waals surface area contributed by atoms with Crippen molar-refractivity contribution in [3.8, 4) is 5.75 Å². The molecule has 1 aliphatic rings. The zero-order valence-corrected chi connectivity index (χ0v) is 9.01. The van der Waals surface area contributed by atoms with Crippen molar-refractivity contribution in [2.45, 2.75) is 12.2 Å². The minimum atomic E-state index is -4.38. The normalized spacial score (nSPS) is 21.5. The predicted molar refractivity (Wildman–Crippen MR) is 56.7 cm³/mol. The molecule has 1 aliphatic heterocycles. The Bertz CT molecular complexity index is 400. The number of benzene rings is 1. The van der Waals surface area contributed by atoms with E-state index in [4.69, 9.17) is 0 Å². The van der Waals surface area contributed by atoms with Crippen LogP contribution in [0.5, 0.6) is 5.75 Å². The summed E-state index contributed by atoms with van der Waals surface area (Å²) in [6.07, 6.45) is -4.38.